The summed E-state index contributed by atoms with van der Waals surface area (Å²) in [5, 5.41) is 11.7. The van der Waals surface area contributed by atoms with Crippen LogP contribution in [0.4, 0.5) is 0 Å². The van der Waals surface area contributed by atoms with Gasteiger partial charge in [-0.2, -0.15) is 0 Å². The smallest absolute Gasteiger partial charge is 0.326 e. The first-order valence-corrected chi connectivity index (χ1v) is 6.79. The Kier molecular flexibility index (Phi) is 4.07. The molecule has 6 heteroatoms. The molecule has 3 atom stereocenters. The molecule has 2 aliphatic rings. The second-order valence-corrected chi connectivity index (χ2v) is 5.35. The Morgan fingerprint density at radius 1 is 1.26 bits per heavy atom. The summed E-state index contributed by atoms with van der Waals surface area (Å²) < 4.78 is 0. The summed E-state index contributed by atoms with van der Waals surface area (Å²) in [7, 11) is 1.47. The maximum Gasteiger partial charge on any atom is 0.326 e. The van der Waals surface area contributed by atoms with E-state index in [1.165, 1.54) is 11.9 Å². The maximum absolute atomic E-state index is 12.2. The average Bonchev–Trinajstić information content (AvgIpc) is 2.78. The Morgan fingerprint density at radius 3 is 2.58 bits per heavy atom. The van der Waals surface area contributed by atoms with E-state index >= 15 is 0 Å². The lowest BCUT2D eigenvalue weighted by atomic mass is 9.84. The van der Waals surface area contributed by atoms with Crippen molar-refractivity contribution in [1.82, 2.24) is 10.2 Å². The van der Waals surface area contributed by atoms with Gasteiger partial charge in [-0.05, 0) is 25.2 Å². The normalized spacial score (nSPS) is 29.7. The zero-order valence-electron chi connectivity index (χ0n) is 11.1. The van der Waals surface area contributed by atoms with Crippen molar-refractivity contribution in [3.05, 3.63) is 0 Å². The number of nitrogens with one attached hydrogen (secondary N) is 1. The minimum atomic E-state index is -0.959. The van der Waals surface area contributed by atoms with Gasteiger partial charge in [-0.3, -0.25) is 9.59 Å². The van der Waals surface area contributed by atoms with Crippen LogP contribution in [0.5, 0.6) is 0 Å². The lowest BCUT2D eigenvalue weighted by Crippen LogP contribution is -2.47. The van der Waals surface area contributed by atoms with Crippen LogP contribution >= 0.6 is 0 Å². The van der Waals surface area contributed by atoms with Gasteiger partial charge < -0.3 is 15.3 Å². The summed E-state index contributed by atoms with van der Waals surface area (Å²) in [6, 6.07) is -0.753. The van der Waals surface area contributed by atoms with Crippen LogP contribution in [-0.2, 0) is 14.4 Å². The van der Waals surface area contributed by atoms with E-state index in [1.54, 1.807) is 0 Å². The molecule has 0 aromatic rings. The second-order valence-electron chi connectivity index (χ2n) is 5.35. The number of carbonyl (C=O) groups is 3. The third kappa shape index (κ3) is 2.72. The molecule has 2 N–H and O–H groups in total. The van der Waals surface area contributed by atoms with Gasteiger partial charge in [-0.15, -0.1) is 0 Å². The molecule has 1 aliphatic heterocycles. The fourth-order valence-electron chi connectivity index (χ4n) is 3.36. The van der Waals surface area contributed by atoms with Gasteiger partial charge in [0.1, 0.15) is 12.5 Å². The quantitative estimate of drug-likeness (QED) is 0.724. The summed E-state index contributed by atoms with van der Waals surface area (Å²) >= 11 is 0. The van der Waals surface area contributed by atoms with E-state index < -0.39 is 12.0 Å². The highest BCUT2D eigenvalue weighted by Gasteiger charge is 2.47. The number of hydrogen-bond donors (Lipinski definition) is 2. The minimum absolute atomic E-state index is 0.00649. The molecule has 19 heavy (non-hydrogen) atoms. The molecule has 6 nitrogen and oxygen atoms in total. The highest BCUT2D eigenvalue weighted by atomic mass is 16.4. The Balaban J connectivity index is 2.15. The van der Waals surface area contributed by atoms with Gasteiger partial charge in [-0.1, -0.05) is 12.8 Å². The Bertz CT molecular complexity index is 396. The van der Waals surface area contributed by atoms with Crippen LogP contribution in [-0.4, -0.2) is 46.9 Å². The SMILES string of the molecule is CNC(=O)CC(=O)N1C(C(=O)O)CC2CCCCC21. The van der Waals surface area contributed by atoms with Gasteiger partial charge in [0.25, 0.3) is 0 Å². The average molecular weight is 268 g/mol. The van der Waals surface area contributed by atoms with Gasteiger partial charge in [0.15, 0.2) is 0 Å². The first-order chi connectivity index (χ1) is 9.04. The van der Waals surface area contributed by atoms with E-state index in [2.05, 4.69) is 5.32 Å². The number of hydrogen-bond acceptors (Lipinski definition) is 3. The molecule has 0 spiro atoms. The number of carbonyl (C=O) groups excluding carboxylic acids is 2. The standard InChI is InChI=1S/C13H20N2O4/c1-14-11(16)7-12(17)15-9-5-3-2-4-8(9)6-10(15)13(18)19/h8-10H,2-7H2,1H3,(H,14,16)(H,18,19). The number of nitrogens with zero attached hydrogens (tertiary/aromatic N) is 1. The van der Waals surface area contributed by atoms with Crippen molar-refractivity contribution in [3.8, 4) is 0 Å². The number of likely N-dealkylation sites (tertiary alicyclic amines) is 1. The van der Waals surface area contributed by atoms with Crippen LogP contribution in [0.3, 0.4) is 0 Å². The molecule has 2 rings (SSSR count). The zero-order chi connectivity index (χ0) is 14.0. The van der Waals surface area contributed by atoms with Crippen molar-refractivity contribution >= 4 is 17.8 Å². The van der Waals surface area contributed by atoms with Crippen LogP contribution in [0, 0.1) is 5.92 Å². The van der Waals surface area contributed by atoms with Crippen molar-refractivity contribution < 1.29 is 19.5 Å². The lowest BCUT2D eigenvalue weighted by molar-refractivity contribution is -0.151. The van der Waals surface area contributed by atoms with E-state index in [1.807, 2.05) is 0 Å². The summed E-state index contributed by atoms with van der Waals surface area (Å²) in [4.78, 5) is 36.3. The predicted octanol–water partition coefficient (Wildman–Crippen LogP) is 0.367. The van der Waals surface area contributed by atoms with Crippen molar-refractivity contribution in [2.45, 2.75) is 50.6 Å². The van der Waals surface area contributed by atoms with Gasteiger partial charge in [0, 0.05) is 13.1 Å². The topological polar surface area (TPSA) is 86.7 Å². The number of aliphatic carboxylic acids is 1. The summed E-state index contributed by atoms with van der Waals surface area (Å²) in [6.07, 6.45) is 4.23. The molecule has 0 radical (unpaired) electrons. The summed E-state index contributed by atoms with van der Waals surface area (Å²) in [5.74, 6) is -1.40. The Labute approximate surface area is 112 Å². The third-order valence-corrected chi connectivity index (χ3v) is 4.25. The van der Waals surface area contributed by atoms with Gasteiger partial charge >= 0.3 is 5.97 Å². The number of carboxylic acids is 1. The summed E-state index contributed by atoms with van der Waals surface area (Å²) in [5.41, 5.74) is 0. The van der Waals surface area contributed by atoms with Crippen molar-refractivity contribution in [2.75, 3.05) is 7.05 Å². The highest BCUT2D eigenvalue weighted by molar-refractivity contribution is 5.98. The minimum Gasteiger partial charge on any atom is -0.480 e. The largest absolute Gasteiger partial charge is 0.480 e. The number of rotatable bonds is 3. The monoisotopic (exact) mass is 268 g/mol. The molecular weight excluding hydrogens is 248 g/mol. The molecule has 1 aliphatic carbocycles. The van der Waals surface area contributed by atoms with Crippen LogP contribution < -0.4 is 5.32 Å². The number of amides is 2. The van der Waals surface area contributed by atoms with Crippen molar-refractivity contribution in [2.24, 2.45) is 5.92 Å². The van der Waals surface area contributed by atoms with Crippen molar-refractivity contribution in [1.29, 1.82) is 0 Å². The van der Waals surface area contributed by atoms with Crippen molar-refractivity contribution in [3.63, 3.8) is 0 Å². The first-order valence-electron chi connectivity index (χ1n) is 6.79. The molecule has 1 saturated heterocycles. The molecule has 3 unspecified atom stereocenters. The molecule has 0 aromatic heterocycles. The molecule has 0 aromatic carbocycles. The lowest BCUT2D eigenvalue weighted by Gasteiger charge is -2.32. The fourth-order valence-corrected chi connectivity index (χ4v) is 3.36. The molecule has 1 heterocycles. The fraction of sp³-hybridized carbons (Fsp3) is 0.769. The van der Waals surface area contributed by atoms with E-state index in [0.29, 0.717) is 6.42 Å². The van der Waals surface area contributed by atoms with E-state index in [-0.39, 0.29) is 30.2 Å². The summed E-state index contributed by atoms with van der Waals surface area (Å²) in [6.45, 7) is 0. The number of fused-ring (bicyclic) bond motifs is 1. The van der Waals surface area contributed by atoms with Gasteiger partial charge in [0.2, 0.25) is 11.8 Å². The molecule has 106 valence electrons. The second kappa shape index (κ2) is 5.59. The maximum atomic E-state index is 12.2. The van der Waals surface area contributed by atoms with E-state index in [0.717, 1.165) is 25.7 Å². The highest BCUT2D eigenvalue weighted by Crippen LogP contribution is 2.40. The zero-order valence-corrected chi connectivity index (χ0v) is 11.1. The molecule has 2 fully saturated rings. The van der Waals surface area contributed by atoms with E-state index in [9.17, 15) is 19.5 Å². The number of carboxylic acid groups (broad SMARTS) is 1. The van der Waals surface area contributed by atoms with Crippen LogP contribution in [0.2, 0.25) is 0 Å². The van der Waals surface area contributed by atoms with Crippen LogP contribution in [0.25, 0.3) is 0 Å². The van der Waals surface area contributed by atoms with Gasteiger partial charge in [0.05, 0.1) is 0 Å². The molecule has 0 bridgehead atoms. The third-order valence-electron chi connectivity index (χ3n) is 4.25. The molecular formula is C13H20N2O4. The van der Waals surface area contributed by atoms with E-state index in [4.69, 9.17) is 0 Å². The van der Waals surface area contributed by atoms with Gasteiger partial charge in [-0.25, -0.2) is 4.79 Å². The van der Waals surface area contributed by atoms with Crippen LogP contribution in [0.1, 0.15) is 38.5 Å². The first kappa shape index (κ1) is 13.8. The molecule has 2 amide bonds. The van der Waals surface area contributed by atoms with Crippen LogP contribution in [0.15, 0.2) is 0 Å². The molecule has 1 saturated carbocycles. The Hall–Kier alpha value is -1.59. The Morgan fingerprint density at radius 2 is 1.95 bits per heavy atom. The predicted molar refractivity (Wildman–Crippen MR) is 67.3 cm³/mol.